The lowest BCUT2D eigenvalue weighted by Crippen LogP contribution is -2.23. The summed E-state index contributed by atoms with van der Waals surface area (Å²) in [4.78, 5) is 17.7. The fraction of sp³-hybridized carbons (Fsp3) is 0.318. The van der Waals surface area contributed by atoms with E-state index in [-0.39, 0.29) is 17.2 Å². The second-order valence-electron chi connectivity index (χ2n) is 7.78. The number of amides is 1. The van der Waals surface area contributed by atoms with E-state index in [2.05, 4.69) is 14.8 Å². The Morgan fingerprint density at radius 3 is 2.73 bits per heavy atom. The molecule has 3 atom stereocenters. The molecule has 2 saturated carbocycles. The number of rotatable bonds is 6. The van der Waals surface area contributed by atoms with Crippen molar-refractivity contribution < 1.29 is 9.53 Å². The van der Waals surface area contributed by atoms with Crippen molar-refractivity contribution in [3.05, 3.63) is 65.4 Å². The van der Waals surface area contributed by atoms with Crippen LogP contribution in [0.1, 0.15) is 36.0 Å². The van der Waals surface area contributed by atoms with E-state index in [0.29, 0.717) is 23.2 Å². The fourth-order valence-corrected chi connectivity index (χ4v) is 5.20. The topological polar surface area (TPSA) is 69.0 Å². The molecule has 1 N–H and O–H groups in total. The number of carbonyl (C=O) groups excluding carboxylic acids is 1. The van der Waals surface area contributed by atoms with Crippen molar-refractivity contribution in [1.82, 2.24) is 19.5 Å². The third-order valence-electron chi connectivity index (χ3n) is 5.83. The largest absolute Gasteiger partial charge is 0.473 e. The van der Waals surface area contributed by atoms with Crippen LogP contribution in [0.4, 0.5) is 0 Å². The minimum Gasteiger partial charge on any atom is -0.473 e. The first-order valence-electron chi connectivity index (χ1n) is 10.1. The maximum atomic E-state index is 12.4. The zero-order valence-electron chi connectivity index (χ0n) is 16.2. The number of nitrogens with zero attached hydrogens (tertiary/aromatic N) is 3. The van der Waals surface area contributed by atoms with E-state index in [4.69, 9.17) is 16.3 Å². The Hall–Kier alpha value is -2.51. The summed E-state index contributed by atoms with van der Waals surface area (Å²) >= 11 is 7.53. The molecular weight excluding hydrogens is 420 g/mol. The molecule has 0 spiro atoms. The summed E-state index contributed by atoms with van der Waals surface area (Å²) in [5, 5.41) is 4.62. The Kier molecular flexibility index (Phi) is 5.39. The first-order valence-corrected chi connectivity index (χ1v) is 11.3. The Morgan fingerprint density at radius 2 is 2.00 bits per heavy atom. The number of hydrogen-bond donors (Lipinski definition) is 1. The van der Waals surface area contributed by atoms with Crippen LogP contribution in [0.25, 0.3) is 5.82 Å². The van der Waals surface area contributed by atoms with Crippen LogP contribution in [0, 0.1) is 11.8 Å². The maximum absolute atomic E-state index is 12.4. The quantitative estimate of drug-likeness (QED) is 0.435. The van der Waals surface area contributed by atoms with Gasteiger partial charge in [-0.15, -0.1) is 5.10 Å². The van der Waals surface area contributed by atoms with Gasteiger partial charge in [-0.05, 0) is 73.7 Å². The SMILES string of the molecule is O=C(NSc1ccccc1)c1ccc(-n2ccc(O[C@H]3C[C@H]4CC[C@@H]3C4)n2)nc1Cl. The van der Waals surface area contributed by atoms with Crippen LogP contribution in [-0.4, -0.2) is 26.8 Å². The number of pyridine rings is 1. The number of fused-ring (bicyclic) bond motifs is 2. The molecule has 6 nitrogen and oxygen atoms in total. The minimum atomic E-state index is -0.298. The normalized spacial score (nSPS) is 22.2. The first-order chi connectivity index (χ1) is 14.7. The Bertz CT molecular complexity index is 1060. The maximum Gasteiger partial charge on any atom is 0.264 e. The van der Waals surface area contributed by atoms with Gasteiger partial charge in [0.15, 0.2) is 5.82 Å². The number of hydrogen-bond acceptors (Lipinski definition) is 5. The van der Waals surface area contributed by atoms with Gasteiger partial charge in [0.2, 0.25) is 5.88 Å². The predicted octanol–water partition coefficient (Wildman–Crippen LogP) is 4.93. The van der Waals surface area contributed by atoms with Gasteiger partial charge in [0.25, 0.3) is 5.91 Å². The second kappa shape index (κ2) is 8.32. The Morgan fingerprint density at radius 1 is 1.13 bits per heavy atom. The standard InChI is InChI=1S/C22H21ClN4O2S/c23-21-17(22(28)26-30-16-4-2-1-3-5-16)8-9-19(24-21)27-11-10-20(25-27)29-18-13-14-6-7-15(18)12-14/h1-5,8-11,14-15,18H,6-7,12-13H2,(H,26,28)/t14-,15+,18-/m0/s1. The summed E-state index contributed by atoms with van der Waals surface area (Å²) in [5.41, 5.74) is 0.314. The third kappa shape index (κ3) is 4.04. The van der Waals surface area contributed by atoms with Gasteiger partial charge < -0.3 is 4.74 Å². The Labute approximate surface area is 184 Å². The van der Waals surface area contributed by atoms with Crippen molar-refractivity contribution in [2.24, 2.45) is 11.8 Å². The van der Waals surface area contributed by atoms with Crippen molar-refractivity contribution in [2.75, 3.05) is 0 Å². The lowest BCUT2D eigenvalue weighted by molar-refractivity contribution is 0.0984. The van der Waals surface area contributed by atoms with Gasteiger partial charge in [0, 0.05) is 17.2 Å². The molecule has 2 heterocycles. The number of nitrogens with one attached hydrogen (secondary N) is 1. The van der Waals surface area contributed by atoms with E-state index >= 15 is 0 Å². The number of ether oxygens (including phenoxy) is 1. The monoisotopic (exact) mass is 440 g/mol. The van der Waals surface area contributed by atoms with Gasteiger partial charge in [-0.2, -0.15) is 0 Å². The van der Waals surface area contributed by atoms with Crippen molar-refractivity contribution in [2.45, 2.75) is 36.7 Å². The summed E-state index contributed by atoms with van der Waals surface area (Å²) < 4.78 is 10.5. The molecule has 0 unspecified atom stereocenters. The van der Waals surface area contributed by atoms with Gasteiger partial charge in [-0.1, -0.05) is 29.8 Å². The van der Waals surface area contributed by atoms with E-state index in [9.17, 15) is 4.79 Å². The summed E-state index contributed by atoms with van der Waals surface area (Å²) in [7, 11) is 0. The number of benzene rings is 1. The lowest BCUT2D eigenvalue weighted by atomic mass is 9.98. The van der Waals surface area contributed by atoms with Crippen molar-refractivity contribution in [1.29, 1.82) is 0 Å². The van der Waals surface area contributed by atoms with Gasteiger partial charge >= 0.3 is 0 Å². The average molecular weight is 441 g/mol. The molecule has 154 valence electrons. The summed E-state index contributed by atoms with van der Waals surface area (Å²) in [5.74, 6) is 2.33. The second-order valence-corrected chi connectivity index (χ2v) is 9.02. The van der Waals surface area contributed by atoms with Gasteiger partial charge in [-0.3, -0.25) is 9.52 Å². The fourth-order valence-electron chi connectivity index (χ4n) is 4.35. The predicted molar refractivity (Wildman–Crippen MR) is 116 cm³/mol. The smallest absolute Gasteiger partial charge is 0.264 e. The van der Waals surface area contributed by atoms with Crippen LogP contribution < -0.4 is 9.46 Å². The van der Waals surface area contributed by atoms with Crippen LogP contribution in [0.3, 0.4) is 0 Å². The molecule has 3 aromatic rings. The molecule has 0 radical (unpaired) electrons. The Balaban J connectivity index is 1.24. The molecule has 2 fully saturated rings. The molecule has 2 aromatic heterocycles. The molecule has 8 heteroatoms. The van der Waals surface area contributed by atoms with Gasteiger partial charge in [-0.25, -0.2) is 9.67 Å². The highest BCUT2D eigenvalue weighted by molar-refractivity contribution is 7.98. The van der Waals surface area contributed by atoms with Crippen LogP contribution in [0.2, 0.25) is 5.15 Å². The van der Waals surface area contributed by atoms with Crippen LogP contribution in [-0.2, 0) is 0 Å². The zero-order valence-corrected chi connectivity index (χ0v) is 17.8. The van der Waals surface area contributed by atoms with E-state index in [1.807, 2.05) is 36.4 Å². The summed E-state index contributed by atoms with van der Waals surface area (Å²) in [6.07, 6.45) is 7.09. The molecule has 0 aliphatic heterocycles. The van der Waals surface area contributed by atoms with E-state index in [1.54, 1.807) is 23.0 Å². The molecule has 1 aromatic carbocycles. The summed E-state index contributed by atoms with van der Waals surface area (Å²) in [6.45, 7) is 0. The highest BCUT2D eigenvalue weighted by Gasteiger charge is 2.41. The molecule has 5 rings (SSSR count). The van der Waals surface area contributed by atoms with Crippen LogP contribution in [0.5, 0.6) is 5.88 Å². The van der Waals surface area contributed by atoms with E-state index in [1.165, 1.54) is 31.2 Å². The molecule has 2 aliphatic carbocycles. The minimum absolute atomic E-state index is 0.129. The van der Waals surface area contributed by atoms with Gasteiger partial charge in [0.1, 0.15) is 11.3 Å². The van der Waals surface area contributed by atoms with Crippen LogP contribution in [0.15, 0.2) is 59.6 Å². The lowest BCUT2D eigenvalue weighted by Gasteiger charge is -2.21. The summed E-state index contributed by atoms with van der Waals surface area (Å²) in [6, 6.07) is 14.8. The molecule has 1 amide bonds. The molecular formula is C22H21ClN4O2S. The number of aromatic nitrogens is 3. The first kappa shape index (κ1) is 19.5. The van der Waals surface area contributed by atoms with Crippen molar-refractivity contribution in [3.8, 4) is 11.7 Å². The van der Waals surface area contributed by atoms with Gasteiger partial charge in [0.05, 0.1) is 5.56 Å². The molecule has 0 saturated heterocycles. The highest BCUT2D eigenvalue weighted by Crippen LogP contribution is 2.45. The number of carbonyl (C=O) groups is 1. The van der Waals surface area contributed by atoms with E-state index < -0.39 is 0 Å². The number of halogens is 1. The van der Waals surface area contributed by atoms with Crippen molar-refractivity contribution >= 4 is 29.5 Å². The van der Waals surface area contributed by atoms with Crippen molar-refractivity contribution in [3.63, 3.8) is 0 Å². The molecule has 30 heavy (non-hydrogen) atoms. The molecule has 2 bridgehead atoms. The zero-order chi connectivity index (χ0) is 20.5. The third-order valence-corrected chi connectivity index (χ3v) is 6.91. The average Bonchev–Trinajstić information content (AvgIpc) is 3.50. The van der Waals surface area contributed by atoms with Crippen LogP contribution >= 0.6 is 23.5 Å². The van der Waals surface area contributed by atoms with E-state index in [0.717, 1.165) is 17.2 Å². The molecule has 2 aliphatic rings. The highest BCUT2D eigenvalue weighted by atomic mass is 35.5.